The number of aliphatic carboxylic acids is 1. The van der Waals surface area contributed by atoms with Gasteiger partial charge in [-0.25, -0.2) is 9.59 Å². The van der Waals surface area contributed by atoms with Gasteiger partial charge in [-0.3, -0.25) is 4.79 Å². The zero-order valence-electron chi connectivity index (χ0n) is 27.5. The molecule has 3 N–H and O–H groups in total. The van der Waals surface area contributed by atoms with Gasteiger partial charge in [-0.1, -0.05) is 36.4 Å². The molecule has 10 nitrogen and oxygen atoms in total. The zero-order valence-corrected chi connectivity index (χ0v) is 27.5. The minimum absolute atomic E-state index is 0.155. The van der Waals surface area contributed by atoms with E-state index in [2.05, 4.69) is 20.3 Å². The summed E-state index contributed by atoms with van der Waals surface area (Å²) in [6, 6.07) is 15.3. The fourth-order valence-corrected chi connectivity index (χ4v) is 5.05. The predicted molar refractivity (Wildman–Crippen MR) is 168 cm³/mol. The van der Waals surface area contributed by atoms with E-state index in [4.69, 9.17) is 14.6 Å². The number of fused-ring (bicyclic) bond motifs is 1. The third kappa shape index (κ3) is 11.7. The van der Waals surface area contributed by atoms with Crippen LogP contribution in [-0.4, -0.2) is 77.9 Å². The lowest BCUT2D eigenvalue weighted by atomic mass is 9.99. The van der Waals surface area contributed by atoms with Gasteiger partial charge in [-0.05, 0) is 82.6 Å². The summed E-state index contributed by atoms with van der Waals surface area (Å²) in [7, 11) is 3.96. The summed E-state index contributed by atoms with van der Waals surface area (Å²) < 4.78 is 82.2. The van der Waals surface area contributed by atoms with Crippen LogP contribution in [0.4, 0.5) is 31.1 Å². The number of hydrogen-bond donors (Lipinski definition) is 3. The lowest BCUT2D eigenvalue weighted by molar-refractivity contribution is -0.274. The Morgan fingerprint density at radius 1 is 1.00 bits per heavy atom. The van der Waals surface area contributed by atoms with Crippen LogP contribution in [0.3, 0.4) is 0 Å². The van der Waals surface area contributed by atoms with Crippen molar-refractivity contribution in [1.29, 1.82) is 0 Å². The number of benzene rings is 2. The number of ether oxygens (including phenoxy) is 2. The molecule has 1 aromatic heterocycles. The van der Waals surface area contributed by atoms with E-state index in [1.165, 1.54) is 18.2 Å². The Hall–Kier alpha value is -4.73. The number of nitrogens with zero attached hydrogens (tertiary/aromatic N) is 2. The summed E-state index contributed by atoms with van der Waals surface area (Å²) in [4.78, 5) is 36.1. The lowest BCUT2D eigenvalue weighted by Gasteiger charge is -2.29. The predicted octanol–water partition coefficient (Wildman–Crippen LogP) is 7.01. The van der Waals surface area contributed by atoms with E-state index in [0.717, 1.165) is 23.4 Å². The van der Waals surface area contributed by atoms with Gasteiger partial charge in [-0.15, -0.1) is 13.2 Å². The third-order valence-electron chi connectivity index (χ3n) is 6.86. The van der Waals surface area contributed by atoms with Gasteiger partial charge in [0.05, 0.1) is 11.7 Å². The molecule has 268 valence electrons. The maximum absolute atomic E-state index is 13.1. The van der Waals surface area contributed by atoms with Crippen LogP contribution >= 0.6 is 0 Å². The number of hydrogen-bond acceptors (Lipinski definition) is 6. The topological polar surface area (TPSA) is 122 Å². The van der Waals surface area contributed by atoms with E-state index in [1.807, 2.05) is 42.9 Å². The highest BCUT2D eigenvalue weighted by Gasteiger charge is 2.38. The smallest absolute Gasteiger partial charge is 0.475 e. The van der Waals surface area contributed by atoms with E-state index in [-0.39, 0.29) is 17.7 Å². The Morgan fingerprint density at radius 3 is 2.18 bits per heavy atom. The highest BCUT2D eigenvalue weighted by Crippen LogP contribution is 2.41. The summed E-state index contributed by atoms with van der Waals surface area (Å²) in [5.41, 5.74) is 3.57. The third-order valence-corrected chi connectivity index (χ3v) is 6.86. The summed E-state index contributed by atoms with van der Waals surface area (Å²) in [6.07, 6.45) is -9.17. The normalized spacial score (nSPS) is 14.7. The van der Waals surface area contributed by atoms with Crippen LogP contribution in [0.5, 0.6) is 5.75 Å². The number of aromatic nitrogens is 1. The fourth-order valence-electron chi connectivity index (χ4n) is 5.05. The monoisotopic (exact) mass is 700 g/mol. The van der Waals surface area contributed by atoms with Gasteiger partial charge in [0.1, 0.15) is 17.0 Å². The number of amides is 2. The highest BCUT2D eigenvalue weighted by molar-refractivity contribution is 5.98. The summed E-state index contributed by atoms with van der Waals surface area (Å²) in [5, 5.41) is 12.8. The molecule has 0 saturated heterocycles. The van der Waals surface area contributed by atoms with Gasteiger partial charge < -0.3 is 34.7 Å². The van der Waals surface area contributed by atoms with Gasteiger partial charge >= 0.3 is 24.6 Å². The molecule has 49 heavy (non-hydrogen) atoms. The van der Waals surface area contributed by atoms with E-state index in [1.54, 1.807) is 32.9 Å². The van der Waals surface area contributed by atoms with Gasteiger partial charge in [-0.2, -0.15) is 13.2 Å². The first kappa shape index (κ1) is 38.7. The van der Waals surface area contributed by atoms with Crippen molar-refractivity contribution in [2.24, 2.45) is 0 Å². The van der Waals surface area contributed by atoms with Crippen LogP contribution in [-0.2, 0) is 16.1 Å². The van der Waals surface area contributed by atoms with Crippen molar-refractivity contribution in [2.75, 3.05) is 27.2 Å². The summed E-state index contributed by atoms with van der Waals surface area (Å²) >= 11 is 0. The molecule has 0 spiro atoms. The Balaban J connectivity index is 0.000000838. The lowest BCUT2D eigenvalue weighted by Crippen LogP contribution is -2.39. The molecular formula is C33H38F6N4O6. The van der Waals surface area contributed by atoms with Crippen LogP contribution in [0.15, 0.2) is 54.6 Å². The van der Waals surface area contributed by atoms with E-state index < -0.39 is 30.2 Å². The standard InChI is InChI=1S/C31H37F3N4O4.C2HF3O2/c1-30(2,3)42-29(40)35-15-7-9-23-18-36-28(39)26-17-25(22-8-6-10-24(16-22)41-31(32,33)34)27(38(23)26)21-13-11-20(12-14-21)19-37(4)5;3-2(4,5)1(6)7/h6,8,10-14,16-17,23H,7,9,15,18-19H2,1-5H3,(H,35,40)(H,36,39);(H,6,7)/t23-;/m0./s1. The van der Waals surface area contributed by atoms with Crippen molar-refractivity contribution in [3.05, 3.63) is 65.9 Å². The molecule has 4 rings (SSSR count). The fraction of sp³-hybridized carbons (Fsp3) is 0.424. The van der Waals surface area contributed by atoms with Crippen LogP contribution < -0.4 is 15.4 Å². The van der Waals surface area contributed by atoms with Gasteiger partial charge in [0, 0.05) is 25.2 Å². The van der Waals surface area contributed by atoms with Crippen molar-refractivity contribution in [2.45, 2.75) is 64.3 Å². The van der Waals surface area contributed by atoms with Crippen LogP contribution in [0.2, 0.25) is 0 Å². The van der Waals surface area contributed by atoms with Gasteiger partial charge in [0.2, 0.25) is 0 Å². The Labute approximate surface area is 279 Å². The van der Waals surface area contributed by atoms with Crippen molar-refractivity contribution in [3.8, 4) is 28.1 Å². The second kappa shape index (κ2) is 15.7. The number of halogens is 6. The first-order valence-corrected chi connectivity index (χ1v) is 15.0. The molecule has 0 saturated carbocycles. The van der Waals surface area contributed by atoms with Crippen molar-refractivity contribution < 1.29 is 55.3 Å². The minimum Gasteiger partial charge on any atom is -0.475 e. The number of carbonyl (C=O) groups is 3. The average molecular weight is 701 g/mol. The first-order chi connectivity index (χ1) is 22.6. The number of carboxylic acid groups (broad SMARTS) is 1. The SMILES string of the molecule is CN(C)Cc1ccc(-c2c(-c3cccc(OC(F)(F)F)c3)cc3n2[C@@H](CCCNC(=O)OC(C)(C)C)CNC3=O)cc1.O=C(O)C(F)(F)F. The van der Waals surface area contributed by atoms with E-state index in [0.29, 0.717) is 42.8 Å². The van der Waals surface area contributed by atoms with Gasteiger partial charge in [0.25, 0.3) is 5.91 Å². The number of alkyl carbamates (subject to hydrolysis) is 1. The molecule has 1 aliphatic rings. The van der Waals surface area contributed by atoms with Crippen LogP contribution in [0.25, 0.3) is 22.4 Å². The van der Waals surface area contributed by atoms with E-state index in [9.17, 15) is 35.9 Å². The Kier molecular flexibility index (Phi) is 12.4. The number of nitrogens with one attached hydrogen (secondary N) is 2. The molecule has 0 fully saturated rings. The average Bonchev–Trinajstić information content (AvgIpc) is 3.36. The molecule has 3 aromatic rings. The van der Waals surface area contributed by atoms with Gasteiger partial charge in [0.15, 0.2) is 0 Å². The highest BCUT2D eigenvalue weighted by atomic mass is 19.4. The molecule has 1 aliphatic heterocycles. The maximum Gasteiger partial charge on any atom is 0.573 e. The van der Waals surface area contributed by atoms with Crippen LogP contribution in [0.1, 0.15) is 55.7 Å². The number of rotatable bonds is 9. The number of carbonyl (C=O) groups excluding carboxylic acids is 2. The van der Waals surface area contributed by atoms with E-state index >= 15 is 0 Å². The van der Waals surface area contributed by atoms with Crippen LogP contribution in [0, 0.1) is 0 Å². The van der Waals surface area contributed by atoms with Crippen molar-refractivity contribution in [3.63, 3.8) is 0 Å². The second-order valence-electron chi connectivity index (χ2n) is 12.4. The molecule has 1 atom stereocenters. The van der Waals surface area contributed by atoms with Crippen molar-refractivity contribution >= 4 is 18.0 Å². The second-order valence-corrected chi connectivity index (χ2v) is 12.4. The quantitative estimate of drug-likeness (QED) is 0.162. The number of carboxylic acids is 1. The summed E-state index contributed by atoms with van der Waals surface area (Å²) in [6.45, 7) is 6.88. The molecule has 0 radical (unpaired) electrons. The molecular weight excluding hydrogens is 662 g/mol. The largest absolute Gasteiger partial charge is 0.573 e. The molecule has 2 amide bonds. The molecule has 16 heteroatoms. The first-order valence-electron chi connectivity index (χ1n) is 15.0. The van der Waals surface area contributed by atoms with Crippen molar-refractivity contribution in [1.82, 2.24) is 20.1 Å². The number of alkyl halides is 6. The molecule has 2 heterocycles. The zero-order chi connectivity index (χ0) is 36.7. The molecule has 0 bridgehead atoms. The minimum atomic E-state index is -5.08. The Morgan fingerprint density at radius 2 is 1.63 bits per heavy atom. The maximum atomic E-state index is 13.1. The summed E-state index contributed by atoms with van der Waals surface area (Å²) in [5.74, 6) is -3.37. The molecule has 0 unspecified atom stereocenters. The molecule has 2 aromatic carbocycles. The molecule has 0 aliphatic carbocycles. The Bertz CT molecular complexity index is 1610.